The Bertz CT molecular complexity index is 667. The normalized spacial score (nSPS) is 10.8. The number of carbonyl (C=O) groups excluding carboxylic acids is 1. The number of phenols is 1. The van der Waals surface area contributed by atoms with Crippen molar-refractivity contribution in [3.8, 4) is 5.75 Å². The van der Waals surface area contributed by atoms with Crippen molar-refractivity contribution in [3.63, 3.8) is 0 Å². The van der Waals surface area contributed by atoms with Crippen molar-refractivity contribution in [1.29, 1.82) is 0 Å². The summed E-state index contributed by atoms with van der Waals surface area (Å²) < 4.78 is 0. The Morgan fingerprint density at radius 3 is 2.62 bits per heavy atom. The van der Waals surface area contributed by atoms with Crippen molar-refractivity contribution in [3.05, 3.63) is 64.7 Å². The third-order valence-electron chi connectivity index (χ3n) is 3.08. The lowest BCUT2D eigenvalue weighted by Gasteiger charge is -2.07. The minimum Gasteiger partial charge on any atom is -0.507 e. The van der Waals surface area contributed by atoms with E-state index in [1.54, 1.807) is 43.3 Å². The zero-order valence-electron chi connectivity index (χ0n) is 11.6. The van der Waals surface area contributed by atoms with E-state index in [2.05, 4.69) is 10.5 Å². The van der Waals surface area contributed by atoms with Crippen LogP contribution in [0.3, 0.4) is 0 Å². The first kappa shape index (κ1) is 14.7. The van der Waals surface area contributed by atoms with Crippen molar-refractivity contribution < 1.29 is 15.0 Å². The average molecular weight is 284 g/mol. The van der Waals surface area contributed by atoms with Gasteiger partial charge in [-0.2, -0.15) is 5.10 Å². The van der Waals surface area contributed by atoms with Crippen LogP contribution in [0.5, 0.6) is 5.75 Å². The van der Waals surface area contributed by atoms with Gasteiger partial charge in [-0.1, -0.05) is 30.3 Å². The number of aromatic hydroxyl groups is 1. The van der Waals surface area contributed by atoms with Gasteiger partial charge < -0.3 is 10.2 Å². The number of aliphatic hydroxyl groups excluding tert-OH is 1. The van der Waals surface area contributed by atoms with Gasteiger partial charge in [0.1, 0.15) is 5.75 Å². The van der Waals surface area contributed by atoms with Crippen LogP contribution in [-0.2, 0) is 6.61 Å². The molecule has 0 aliphatic rings. The molecule has 0 atom stereocenters. The van der Waals surface area contributed by atoms with E-state index in [-0.39, 0.29) is 18.3 Å². The highest BCUT2D eigenvalue weighted by Crippen LogP contribution is 2.23. The molecule has 3 N–H and O–H groups in total. The highest BCUT2D eigenvalue weighted by atomic mass is 16.3. The molecule has 2 rings (SSSR count). The number of nitrogens with zero attached hydrogens (tertiary/aromatic N) is 1. The first-order valence-corrected chi connectivity index (χ1v) is 6.44. The number of rotatable bonds is 4. The number of aryl methyl sites for hydroxylation is 1. The molecule has 2 aromatic rings. The summed E-state index contributed by atoms with van der Waals surface area (Å²) in [7, 11) is 0. The fourth-order valence-electron chi connectivity index (χ4n) is 1.85. The predicted molar refractivity (Wildman–Crippen MR) is 80.3 cm³/mol. The zero-order valence-corrected chi connectivity index (χ0v) is 11.6. The van der Waals surface area contributed by atoms with E-state index >= 15 is 0 Å². The molecule has 0 fully saturated rings. The van der Waals surface area contributed by atoms with Crippen LogP contribution < -0.4 is 5.43 Å². The SMILES string of the molecule is Cc1ccc(CO)c(/C=N\NC(=O)c2ccccc2)c1O. The molecule has 0 saturated heterocycles. The summed E-state index contributed by atoms with van der Waals surface area (Å²) in [6.07, 6.45) is 1.33. The lowest BCUT2D eigenvalue weighted by molar-refractivity contribution is 0.0955. The number of phenolic OH excluding ortho intramolecular Hbond substituents is 1. The van der Waals surface area contributed by atoms with Crippen LogP contribution in [0.25, 0.3) is 0 Å². The fourth-order valence-corrected chi connectivity index (χ4v) is 1.85. The van der Waals surface area contributed by atoms with Gasteiger partial charge in [0.15, 0.2) is 0 Å². The number of aliphatic hydroxyl groups is 1. The maximum atomic E-state index is 11.8. The van der Waals surface area contributed by atoms with Crippen LogP contribution in [-0.4, -0.2) is 22.3 Å². The highest BCUT2D eigenvalue weighted by Gasteiger charge is 2.08. The van der Waals surface area contributed by atoms with Crippen LogP contribution in [0.2, 0.25) is 0 Å². The van der Waals surface area contributed by atoms with E-state index in [1.165, 1.54) is 6.21 Å². The van der Waals surface area contributed by atoms with Crippen molar-refractivity contribution in [2.45, 2.75) is 13.5 Å². The molecule has 0 aromatic heterocycles. The van der Waals surface area contributed by atoms with Crippen LogP contribution in [0.4, 0.5) is 0 Å². The molecule has 108 valence electrons. The Hall–Kier alpha value is -2.66. The zero-order chi connectivity index (χ0) is 15.2. The molecule has 0 bridgehead atoms. The third kappa shape index (κ3) is 3.46. The summed E-state index contributed by atoms with van der Waals surface area (Å²) in [5, 5.41) is 23.1. The second kappa shape index (κ2) is 6.67. The number of benzene rings is 2. The van der Waals surface area contributed by atoms with Gasteiger partial charge in [-0.25, -0.2) is 5.43 Å². The molecule has 0 spiro atoms. The minimum absolute atomic E-state index is 0.0410. The van der Waals surface area contributed by atoms with Crippen molar-refractivity contribution in [2.75, 3.05) is 0 Å². The maximum Gasteiger partial charge on any atom is 0.271 e. The summed E-state index contributed by atoms with van der Waals surface area (Å²) in [4.78, 5) is 11.8. The fraction of sp³-hybridized carbons (Fsp3) is 0.125. The van der Waals surface area contributed by atoms with E-state index in [0.29, 0.717) is 22.3 Å². The molecule has 21 heavy (non-hydrogen) atoms. The molecule has 0 aliphatic heterocycles. The Balaban J connectivity index is 2.15. The number of amides is 1. The summed E-state index contributed by atoms with van der Waals surface area (Å²) in [5.41, 5.74) is 4.48. The molecule has 1 amide bonds. The Morgan fingerprint density at radius 2 is 1.95 bits per heavy atom. The average Bonchev–Trinajstić information content (AvgIpc) is 2.52. The predicted octanol–water partition coefficient (Wildman–Crippen LogP) is 1.96. The standard InChI is InChI=1S/C16H16N2O3/c1-11-7-8-13(10-19)14(15(11)20)9-17-18-16(21)12-5-3-2-4-6-12/h2-9,19-20H,10H2,1H3,(H,18,21)/b17-9-. The van der Waals surface area contributed by atoms with E-state index in [0.717, 1.165) is 0 Å². The Labute approximate surface area is 122 Å². The second-order valence-corrected chi connectivity index (χ2v) is 4.53. The van der Waals surface area contributed by atoms with Gasteiger partial charge in [-0.15, -0.1) is 0 Å². The molecular weight excluding hydrogens is 268 g/mol. The number of hydrazone groups is 1. The molecular formula is C16H16N2O3. The van der Waals surface area contributed by atoms with Crippen LogP contribution in [0.1, 0.15) is 27.0 Å². The lowest BCUT2D eigenvalue weighted by atomic mass is 10.0. The van der Waals surface area contributed by atoms with Gasteiger partial charge in [0.2, 0.25) is 0 Å². The summed E-state index contributed by atoms with van der Waals surface area (Å²) in [5.74, 6) is -0.302. The summed E-state index contributed by atoms with van der Waals surface area (Å²) in [6.45, 7) is 1.53. The number of carbonyl (C=O) groups is 1. The Kier molecular flexibility index (Phi) is 4.68. The molecule has 2 aromatic carbocycles. The van der Waals surface area contributed by atoms with Crippen LogP contribution >= 0.6 is 0 Å². The number of hydrogen-bond donors (Lipinski definition) is 3. The van der Waals surface area contributed by atoms with Crippen molar-refractivity contribution >= 4 is 12.1 Å². The molecule has 5 nitrogen and oxygen atoms in total. The van der Waals surface area contributed by atoms with Gasteiger partial charge in [-0.05, 0) is 30.2 Å². The monoisotopic (exact) mass is 284 g/mol. The first-order valence-electron chi connectivity index (χ1n) is 6.44. The van der Waals surface area contributed by atoms with Crippen molar-refractivity contribution in [1.82, 2.24) is 5.43 Å². The molecule has 0 saturated carbocycles. The quantitative estimate of drug-likeness (QED) is 0.593. The maximum absolute atomic E-state index is 11.8. The van der Waals surface area contributed by atoms with E-state index in [4.69, 9.17) is 0 Å². The molecule has 5 heteroatoms. The molecule has 0 aliphatic carbocycles. The minimum atomic E-state index is -0.343. The number of nitrogens with one attached hydrogen (secondary N) is 1. The third-order valence-corrected chi connectivity index (χ3v) is 3.08. The lowest BCUT2D eigenvalue weighted by Crippen LogP contribution is -2.17. The van der Waals surface area contributed by atoms with Crippen molar-refractivity contribution in [2.24, 2.45) is 5.10 Å². The summed E-state index contributed by atoms with van der Waals surface area (Å²) in [6, 6.07) is 12.1. The second-order valence-electron chi connectivity index (χ2n) is 4.53. The van der Waals surface area contributed by atoms with Gasteiger partial charge in [-0.3, -0.25) is 4.79 Å². The first-order chi connectivity index (χ1) is 10.1. The number of hydrogen-bond acceptors (Lipinski definition) is 4. The smallest absolute Gasteiger partial charge is 0.271 e. The Morgan fingerprint density at radius 1 is 1.24 bits per heavy atom. The van der Waals surface area contributed by atoms with E-state index in [1.807, 2.05) is 6.07 Å². The summed E-state index contributed by atoms with van der Waals surface area (Å²) >= 11 is 0. The largest absolute Gasteiger partial charge is 0.507 e. The molecule has 0 heterocycles. The topological polar surface area (TPSA) is 81.9 Å². The van der Waals surface area contributed by atoms with E-state index < -0.39 is 0 Å². The van der Waals surface area contributed by atoms with Gasteiger partial charge in [0, 0.05) is 11.1 Å². The van der Waals surface area contributed by atoms with Gasteiger partial charge in [0.25, 0.3) is 5.91 Å². The van der Waals surface area contributed by atoms with E-state index in [9.17, 15) is 15.0 Å². The van der Waals surface area contributed by atoms with Crippen LogP contribution in [0, 0.1) is 6.92 Å². The molecule has 0 unspecified atom stereocenters. The van der Waals surface area contributed by atoms with Gasteiger partial charge in [0.05, 0.1) is 12.8 Å². The van der Waals surface area contributed by atoms with Gasteiger partial charge >= 0.3 is 0 Å². The molecule has 0 radical (unpaired) electrons. The van der Waals surface area contributed by atoms with Crippen LogP contribution in [0.15, 0.2) is 47.6 Å². The highest BCUT2D eigenvalue weighted by molar-refractivity contribution is 5.95.